The summed E-state index contributed by atoms with van der Waals surface area (Å²) < 4.78 is 2.33. The lowest BCUT2D eigenvalue weighted by atomic mass is 9.91. The Morgan fingerprint density at radius 1 is 0.490 bits per heavy atom. The van der Waals surface area contributed by atoms with Crippen molar-refractivity contribution in [3.63, 3.8) is 0 Å². The quantitative estimate of drug-likeness (QED) is 0.207. The van der Waals surface area contributed by atoms with Crippen LogP contribution < -0.4 is 5.32 Å². The molecule has 10 rings (SSSR count). The number of nitrogens with one attached hydrogen (secondary N) is 1. The van der Waals surface area contributed by atoms with Crippen molar-refractivity contribution in [1.82, 2.24) is 9.88 Å². The second-order valence-electron chi connectivity index (χ2n) is 12.7. The van der Waals surface area contributed by atoms with Crippen LogP contribution in [0.2, 0.25) is 0 Å². The van der Waals surface area contributed by atoms with Crippen LogP contribution in [0.25, 0.3) is 60.7 Å². The summed E-state index contributed by atoms with van der Waals surface area (Å²) in [4.78, 5) is 10.1. The van der Waals surface area contributed by atoms with Gasteiger partial charge in [-0.25, -0.2) is 9.98 Å². The summed E-state index contributed by atoms with van der Waals surface area (Å²) >= 11 is 0. The minimum atomic E-state index is -0.234. The molecule has 4 nitrogen and oxygen atoms in total. The Balaban J connectivity index is 1.12. The molecule has 1 N–H and O–H groups in total. The molecule has 1 atom stereocenters. The standard InChI is InChI=1S/C45H30N4/c1-3-12-29(13-4-1)43-46-44(30-14-5-2-6-15-30)48-45(47-43)31-22-24-34(25-23-31)49-28-40-39-27-33-17-8-7-16-32(33)26-38(39)36-19-10-9-18-35(36)37-20-11-21-41(49)42(37)40/h1-28,43H,(H,46,47,48). The molecular weight excluding hydrogens is 597 g/mol. The van der Waals surface area contributed by atoms with Gasteiger partial charge in [-0.2, -0.15) is 0 Å². The zero-order chi connectivity index (χ0) is 32.3. The minimum absolute atomic E-state index is 0.234. The van der Waals surface area contributed by atoms with Crippen molar-refractivity contribution in [2.24, 2.45) is 9.98 Å². The summed E-state index contributed by atoms with van der Waals surface area (Å²) in [6.45, 7) is 0. The maximum Gasteiger partial charge on any atom is 0.159 e. The highest BCUT2D eigenvalue weighted by Crippen LogP contribution is 2.49. The van der Waals surface area contributed by atoms with Crippen LogP contribution in [0, 0.1) is 0 Å². The number of amidine groups is 2. The van der Waals surface area contributed by atoms with E-state index in [0.29, 0.717) is 5.84 Å². The van der Waals surface area contributed by atoms with Crippen LogP contribution in [0.5, 0.6) is 0 Å². The second kappa shape index (κ2) is 11.0. The van der Waals surface area contributed by atoms with Gasteiger partial charge in [0.2, 0.25) is 0 Å². The van der Waals surface area contributed by atoms with Crippen LogP contribution in [-0.2, 0) is 0 Å². The van der Waals surface area contributed by atoms with Gasteiger partial charge in [-0.05, 0) is 86.6 Å². The van der Waals surface area contributed by atoms with Gasteiger partial charge in [0.1, 0.15) is 12.0 Å². The van der Waals surface area contributed by atoms with Crippen LogP contribution in [0.3, 0.4) is 0 Å². The molecule has 8 aromatic rings. The number of benzene rings is 7. The van der Waals surface area contributed by atoms with Crippen molar-refractivity contribution in [2.45, 2.75) is 6.17 Å². The Kier molecular flexibility index (Phi) is 6.21. The summed E-state index contributed by atoms with van der Waals surface area (Å²) in [7, 11) is 0. The smallest absolute Gasteiger partial charge is 0.159 e. The van der Waals surface area contributed by atoms with E-state index in [2.05, 4.69) is 156 Å². The van der Waals surface area contributed by atoms with Crippen molar-refractivity contribution in [3.8, 4) is 39.1 Å². The third kappa shape index (κ3) is 4.53. The molecule has 2 heterocycles. The Hall–Kier alpha value is -6.52. The summed E-state index contributed by atoms with van der Waals surface area (Å²) in [6.07, 6.45) is 2.09. The van der Waals surface area contributed by atoms with Crippen molar-refractivity contribution < 1.29 is 0 Å². The normalized spacial score (nSPS) is 14.7. The molecule has 1 aromatic heterocycles. The number of nitrogens with zero attached hydrogens (tertiary/aromatic N) is 3. The van der Waals surface area contributed by atoms with Crippen LogP contribution in [0.4, 0.5) is 0 Å². The predicted molar refractivity (Wildman–Crippen MR) is 202 cm³/mol. The van der Waals surface area contributed by atoms with Crippen LogP contribution in [0.15, 0.2) is 180 Å². The molecular formula is C45H30N4. The zero-order valence-electron chi connectivity index (χ0n) is 26.6. The molecule has 4 heteroatoms. The molecule has 1 aliphatic heterocycles. The number of aliphatic imine (C=N–C) groups is 2. The summed E-state index contributed by atoms with van der Waals surface area (Å²) in [5, 5.41) is 7.33. The van der Waals surface area contributed by atoms with Crippen molar-refractivity contribution in [3.05, 3.63) is 187 Å². The van der Waals surface area contributed by atoms with E-state index >= 15 is 0 Å². The van der Waals surface area contributed by atoms with Crippen LogP contribution in [-0.4, -0.2) is 16.2 Å². The van der Waals surface area contributed by atoms with Gasteiger partial charge in [0, 0.05) is 34.0 Å². The van der Waals surface area contributed by atoms with E-state index in [-0.39, 0.29) is 6.17 Å². The van der Waals surface area contributed by atoms with Gasteiger partial charge in [-0.1, -0.05) is 121 Å². The van der Waals surface area contributed by atoms with E-state index in [4.69, 9.17) is 9.98 Å². The lowest BCUT2D eigenvalue weighted by Gasteiger charge is -2.23. The average molecular weight is 627 g/mol. The second-order valence-corrected chi connectivity index (χ2v) is 12.7. The summed E-state index contributed by atoms with van der Waals surface area (Å²) in [5.74, 6) is 1.53. The molecule has 1 unspecified atom stereocenters. The number of fused-ring (bicyclic) bond motifs is 6. The fourth-order valence-corrected chi connectivity index (χ4v) is 7.47. The van der Waals surface area contributed by atoms with Gasteiger partial charge in [-0.15, -0.1) is 0 Å². The molecule has 0 fully saturated rings. The van der Waals surface area contributed by atoms with Crippen LogP contribution >= 0.6 is 0 Å². The fraction of sp³-hybridized carbons (Fsp3) is 0.0222. The molecule has 230 valence electrons. The maximum atomic E-state index is 5.08. The molecule has 0 saturated heterocycles. The van der Waals surface area contributed by atoms with Crippen LogP contribution in [0.1, 0.15) is 22.9 Å². The minimum Gasteiger partial charge on any atom is -0.344 e. The van der Waals surface area contributed by atoms with E-state index in [9.17, 15) is 0 Å². The molecule has 0 bridgehead atoms. The monoisotopic (exact) mass is 626 g/mol. The Morgan fingerprint density at radius 3 is 1.84 bits per heavy atom. The fourth-order valence-electron chi connectivity index (χ4n) is 7.47. The Bertz CT molecular complexity index is 2610. The molecule has 7 aromatic carbocycles. The highest BCUT2D eigenvalue weighted by atomic mass is 15.2. The average Bonchev–Trinajstić information content (AvgIpc) is 3.53. The molecule has 49 heavy (non-hydrogen) atoms. The molecule has 2 aliphatic rings. The third-order valence-electron chi connectivity index (χ3n) is 9.82. The van der Waals surface area contributed by atoms with Gasteiger partial charge < -0.3 is 9.88 Å². The Labute approximate surface area is 284 Å². The lowest BCUT2D eigenvalue weighted by Crippen LogP contribution is -2.33. The van der Waals surface area contributed by atoms with E-state index in [1.54, 1.807) is 0 Å². The van der Waals surface area contributed by atoms with Crippen molar-refractivity contribution in [2.75, 3.05) is 0 Å². The molecule has 1 aliphatic carbocycles. The van der Waals surface area contributed by atoms with Gasteiger partial charge in [-0.3, -0.25) is 0 Å². The van der Waals surface area contributed by atoms with Gasteiger partial charge in [0.25, 0.3) is 0 Å². The number of hydrogen-bond acceptors (Lipinski definition) is 3. The molecule has 0 spiro atoms. The lowest BCUT2D eigenvalue weighted by molar-refractivity contribution is 0.674. The van der Waals surface area contributed by atoms with E-state index < -0.39 is 0 Å². The summed E-state index contributed by atoms with van der Waals surface area (Å²) in [5.41, 5.74) is 13.0. The van der Waals surface area contributed by atoms with E-state index in [0.717, 1.165) is 28.2 Å². The highest BCUT2D eigenvalue weighted by molar-refractivity contribution is 6.16. The third-order valence-corrected chi connectivity index (χ3v) is 9.82. The molecule has 0 amide bonds. The summed E-state index contributed by atoms with van der Waals surface area (Å²) in [6, 6.07) is 58.2. The molecule has 0 saturated carbocycles. The number of aromatic nitrogens is 1. The first-order chi connectivity index (χ1) is 24.3. The zero-order valence-corrected chi connectivity index (χ0v) is 26.6. The topological polar surface area (TPSA) is 41.7 Å². The first-order valence-corrected chi connectivity index (χ1v) is 16.7. The van der Waals surface area contributed by atoms with Gasteiger partial charge in [0.05, 0.1) is 5.52 Å². The Morgan fingerprint density at radius 2 is 1.10 bits per heavy atom. The predicted octanol–water partition coefficient (Wildman–Crippen LogP) is 10.6. The first kappa shape index (κ1) is 27.6. The largest absolute Gasteiger partial charge is 0.344 e. The highest BCUT2D eigenvalue weighted by Gasteiger charge is 2.25. The van der Waals surface area contributed by atoms with E-state index in [1.165, 1.54) is 55.1 Å². The first-order valence-electron chi connectivity index (χ1n) is 16.7. The number of rotatable bonds is 4. The van der Waals surface area contributed by atoms with Crippen molar-refractivity contribution in [1.29, 1.82) is 0 Å². The maximum absolute atomic E-state index is 5.08. The van der Waals surface area contributed by atoms with Crippen molar-refractivity contribution >= 4 is 33.3 Å². The number of hydrogen-bond donors (Lipinski definition) is 1. The molecule has 0 radical (unpaired) electrons. The van der Waals surface area contributed by atoms with Gasteiger partial charge >= 0.3 is 0 Å². The SMILES string of the molecule is c1ccc(C2=NC(c3ccc(-n4cc5c6c(cccc64)-c4ccccc4-c4cc6ccccc6cc4-5)cc3)=NC(c3ccccc3)N2)cc1. The van der Waals surface area contributed by atoms with E-state index in [1.807, 2.05) is 24.3 Å². The van der Waals surface area contributed by atoms with Gasteiger partial charge in [0.15, 0.2) is 5.84 Å².